The molecule has 0 aliphatic heterocycles. The SMILES string of the molecule is CN(C)C(=O)c1cnc2c(C#N)cccc2c1Cl. The van der Waals surface area contributed by atoms with Crippen LogP contribution in [0.15, 0.2) is 24.4 Å². The van der Waals surface area contributed by atoms with Crippen LogP contribution in [0.25, 0.3) is 10.9 Å². The zero-order valence-corrected chi connectivity index (χ0v) is 10.7. The number of halogens is 1. The Labute approximate surface area is 109 Å². The van der Waals surface area contributed by atoms with E-state index in [1.165, 1.54) is 11.1 Å². The van der Waals surface area contributed by atoms with Crippen LogP contribution in [-0.4, -0.2) is 29.9 Å². The third-order valence-corrected chi connectivity index (χ3v) is 3.00. The van der Waals surface area contributed by atoms with Crippen molar-refractivity contribution in [3.63, 3.8) is 0 Å². The van der Waals surface area contributed by atoms with Crippen LogP contribution in [0.2, 0.25) is 5.02 Å². The van der Waals surface area contributed by atoms with Crippen molar-refractivity contribution in [2.24, 2.45) is 0 Å². The number of carbonyl (C=O) groups is 1. The first-order valence-corrected chi connectivity index (χ1v) is 5.63. The lowest BCUT2D eigenvalue weighted by atomic mass is 10.1. The van der Waals surface area contributed by atoms with E-state index < -0.39 is 0 Å². The molecule has 0 saturated carbocycles. The zero-order valence-electron chi connectivity index (χ0n) is 9.94. The Hall–Kier alpha value is -2.12. The number of pyridine rings is 1. The minimum atomic E-state index is -0.211. The van der Waals surface area contributed by atoms with E-state index in [9.17, 15) is 4.79 Å². The van der Waals surface area contributed by atoms with Crippen molar-refractivity contribution in [3.8, 4) is 6.07 Å². The molecule has 0 N–H and O–H groups in total. The van der Waals surface area contributed by atoms with Crippen LogP contribution in [0.1, 0.15) is 15.9 Å². The van der Waals surface area contributed by atoms with Gasteiger partial charge < -0.3 is 4.90 Å². The average molecular weight is 260 g/mol. The smallest absolute Gasteiger partial charge is 0.256 e. The molecule has 0 unspecified atom stereocenters. The molecule has 0 fully saturated rings. The fraction of sp³-hybridized carbons (Fsp3) is 0.154. The maximum absolute atomic E-state index is 11.9. The van der Waals surface area contributed by atoms with Crippen LogP contribution in [0, 0.1) is 11.3 Å². The van der Waals surface area contributed by atoms with Gasteiger partial charge in [-0.15, -0.1) is 0 Å². The third kappa shape index (κ3) is 1.89. The summed E-state index contributed by atoms with van der Waals surface area (Å²) in [7, 11) is 3.29. The minimum absolute atomic E-state index is 0.211. The fourth-order valence-corrected chi connectivity index (χ4v) is 1.95. The molecule has 0 radical (unpaired) electrons. The number of hydrogen-bond donors (Lipinski definition) is 0. The van der Waals surface area contributed by atoms with E-state index in [1.54, 1.807) is 32.3 Å². The Kier molecular flexibility index (Phi) is 3.17. The Balaban J connectivity index is 2.74. The van der Waals surface area contributed by atoms with Gasteiger partial charge in [0.15, 0.2) is 0 Å². The second kappa shape index (κ2) is 4.63. The van der Waals surface area contributed by atoms with E-state index in [2.05, 4.69) is 11.1 Å². The molecule has 5 heteroatoms. The largest absolute Gasteiger partial charge is 0.345 e. The minimum Gasteiger partial charge on any atom is -0.345 e. The van der Waals surface area contributed by atoms with E-state index in [-0.39, 0.29) is 5.91 Å². The number of fused-ring (bicyclic) bond motifs is 1. The molecule has 1 amide bonds. The number of hydrogen-bond acceptors (Lipinski definition) is 3. The number of amides is 1. The second-order valence-corrected chi connectivity index (χ2v) is 4.38. The summed E-state index contributed by atoms with van der Waals surface area (Å²) in [5.41, 5.74) is 1.29. The molecule has 0 aliphatic rings. The standard InChI is InChI=1S/C13H10ClN3O/c1-17(2)13(18)10-7-16-12-8(6-15)4-3-5-9(12)11(10)14/h3-5,7H,1-2H3. The maximum atomic E-state index is 11.9. The van der Waals surface area contributed by atoms with Crippen molar-refractivity contribution < 1.29 is 4.79 Å². The number of benzene rings is 1. The van der Waals surface area contributed by atoms with Gasteiger partial charge in [-0.1, -0.05) is 23.7 Å². The molecule has 1 heterocycles. The van der Waals surface area contributed by atoms with Gasteiger partial charge in [-0.2, -0.15) is 5.26 Å². The van der Waals surface area contributed by atoms with Gasteiger partial charge in [0.05, 0.1) is 21.7 Å². The molecule has 90 valence electrons. The predicted molar refractivity (Wildman–Crippen MR) is 69.5 cm³/mol. The summed E-state index contributed by atoms with van der Waals surface area (Å²) >= 11 is 6.21. The fourth-order valence-electron chi connectivity index (χ4n) is 1.67. The number of carbonyl (C=O) groups excluding carboxylic acids is 1. The Morgan fingerprint density at radius 2 is 2.17 bits per heavy atom. The zero-order chi connectivity index (χ0) is 13.3. The molecule has 2 rings (SSSR count). The van der Waals surface area contributed by atoms with Gasteiger partial charge in [0.2, 0.25) is 0 Å². The van der Waals surface area contributed by atoms with Crippen LogP contribution < -0.4 is 0 Å². The number of rotatable bonds is 1. The van der Waals surface area contributed by atoms with Gasteiger partial charge in [0, 0.05) is 25.7 Å². The Bertz CT molecular complexity index is 674. The van der Waals surface area contributed by atoms with Crippen molar-refractivity contribution in [3.05, 3.63) is 40.5 Å². The predicted octanol–water partition coefficient (Wildman–Crippen LogP) is 2.46. The number of nitrogens with zero attached hydrogens (tertiary/aromatic N) is 3. The first-order chi connectivity index (χ1) is 8.56. The topological polar surface area (TPSA) is 57.0 Å². The van der Waals surface area contributed by atoms with Crippen LogP contribution in [-0.2, 0) is 0 Å². The molecule has 4 nitrogen and oxygen atoms in total. The van der Waals surface area contributed by atoms with E-state index in [1.807, 2.05) is 0 Å². The molecule has 0 spiro atoms. The van der Waals surface area contributed by atoms with Crippen molar-refractivity contribution in [2.45, 2.75) is 0 Å². The Morgan fingerprint density at radius 3 is 2.78 bits per heavy atom. The van der Waals surface area contributed by atoms with Crippen molar-refractivity contribution in [1.29, 1.82) is 5.26 Å². The molecule has 0 saturated heterocycles. The summed E-state index contributed by atoms with van der Waals surface area (Å²) in [6.07, 6.45) is 1.41. The maximum Gasteiger partial charge on any atom is 0.256 e. The highest BCUT2D eigenvalue weighted by molar-refractivity contribution is 6.38. The van der Waals surface area contributed by atoms with Crippen LogP contribution in [0.4, 0.5) is 0 Å². The molecule has 2 aromatic rings. The van der Waals surface area contributed by atoms with E-state index in [0.717, 1.165) is 0 Å². The first kappa shape index (κ1) is 12.3. The lowest BCUT2D eigenvalue weighted by Crippen LogP contribution is -2.22. The molecular formula is C13H10ClN3O. The van der Waals surface area contributed by atoms with Crippen molar-refractivity contribution >= 4 is 28.4 Å². The lowest BCUT2D eigenvalue weighted by molar-refractivity contribution is 0.0827. The summed E-state index contributed by atoms with van der Waals surface area (Å²) in [4.78, 5) is 17.5. The third-order valence-electron chi connectivity index (χ3n) is 2.59. The van der Waals surface area contributed by atoms with Crippen LogP contribution >= 0.6 is 11.6 Å². The molecule has 0 bridgehead atoms. The second-order valence-electron chi connectivity index (χ2n) is 4.00. The highest BCUT2D eigenvalue weighted by Crippen LogP contribution is 2.27. The molecule has 0 aliphatic carbocycles. The molecule has 1 aromatic heterocycles. The summed E-state index contributed by atoms with van der Waals surface area (Å²) < 4.78 is 0. The van der Waals surface area contributed by atoms with Gasteiger partial charge in [-0.05, 0) is 6.07 Å². The quantitative estimate of drug-likeness (QED) is 0.790. The Morgan fingerprint density at radius 1 is 1.44 bits per heavy atom. The summed E-state index contributed by atoms with van der Waals surface area (Å²) in [6.45, 7) is 0. The number of nitriles is 1. The van der Waals surface area contributed by atoms with E-state index >= 15 is 0 Å². The van der Waals surface area contributed by atoms with E-state index in [4.69, 9.17) is 16.9 Å². The van der Waals surface area contributed by atoms with Gasteiger partial charge in [0.25, 0.3) is 5.91 Å². The van der Waals surface area contributed by atoms with Crippen LogP contribution in [0.5, 0.6) is 0 Å². The molecule has 1 aromatic carbocycles. The normalized spacial score (nSPS) is 10.1. The van der Waals surface area contributed by atoms with E-state index in [0.29, 0.717) is 27.1 Å². The van der Waals surface area contributed by atoms with Gasteiger partial charge in [-0.3, -0.25) is 9.78 Å². The molecule has 0 atom stereocenters. The first-order valence-electron chi connectivity index (χ1n) is 5.25. The van der Waals surface area contributed by atoms with Crippen LogP contribution in [0.3, 0.4) is 0 Å². The number of para-hydroxylation sites is 1. The summed E-state index contributed by atoms with van der Waals surface area (Å²) in [5, 5.41) is 9.93. The van der Waals surface area contributed by atoms with Crippen molar-refractivity contribution in [2.75, 3.05) is 14.1 Å². The average Bonchev–Trinajstić information content (AvgIpc) is 2.38. The monoisotopic (exact) mass is 259 g/mol. The highest BCUT2D eigenvalue weighted by Gasteiger charge is 2.16. The van der Waals surface area contributed by atoms with Gasteiger partial charge in [0.1, 0.15) is 6.07 Å². The molecule has 18 heavy (non-hydrogen) atoms. The van der Waals surface area contributed by atoms with Crippen molar-refractivity contribution in [1.82, 2.24) is 9.88 Å². The summed E-state index contributed by atoms with van der Waals surface area (Å²) in [5.74, 6) is -0.211. The number of aromatic nitrogens is 1. The lowest BCUT2D eigenvalue weighted by Gasteiger charge is -2.12. The summed E-state index contributed by atoms with van der Waals surface area (Å²) in [6, 6.07) is 7.19. The van der Waals surface area contributed by atoms with Gasteiger partial charge >= 0.3 is 0 Å². The molecular weight excluding hydrogens is 250 g/mol. The highest BCUT2D eigenvalue weighted by atomic mass is 35.5. The van der Waals surface area contributed by atoms with Gasteiger partial charge in [-0.25, -0.2) is 0 Å².